The van der Waals surface area contributed by atoms with Crippen LogP contribution in [0.3, 0.4) is 0 Å². The first kappa shape index (κ1) is 32.4. The Hall–Kier alpha value is -5.52. The smallest absolute Gasteiger partial charge is 0.252 e. The van der Waals surface area contributed by atoms with E-state index in [0.717, 1.165) is 5.56 Å². The predicted molar refractivity (Wildman–Crippen MR) is 175 cm³/mol. The molecule has 11 heteroatoms. The number of benzene rings is 5. The third-order valence-corrected chi connectivity index (χ3v) is 9.63. The zero-order valence-electron chi connectivity index (χ0n) is 25.7. The number of aliphatic hydroxyl groups excluding tert-OH is 1. The molecule has 0 fully saturated rings. The van der Waals surface area contributed by atoms with Crippen LogP contribution < -0.4 is 19.5 Å². The van der Waals surface area contributed by atoms with Gasteiger partial charge in [-0.1, -0.05) is 42.5 Å². The van der Waals surface area contributed by atoms with Crippen molar-refractivity contribution in [3.8, 4) is 28.4 Å². The quantitative estimate of drug-likeness (QED) is 0.182. The summed E-state index contributed by atoms with van der Waals surface area (Å²) in [5, 5.41) is 13.0. The lowest BCUT2D eigenvalue weighted by atomic mass is 9.95. The summed E-state index contributed by atoms with van der Waals surface area (Å²) in [5.74, 6) is -0.562. The van der Waals surface area contributed by atoms with Crippen LogP contribution in [-0.4, -0.2) is 51.6 Å². The Morgan fingerprint density at radius 1 is 0.833 bits per heavy atom. The summed E-state index contributed by atoms with van der Waals surface area (Å²) < 4.78 is 58.7. The van der Waals surface area contributed by atoms with E-state index in [2.05, 4.69) is 5.32 Å². The first-order valence-electron chi connectivity index (χ1n) is 14.9. The Balaban J connectivity index is 1.22. The van der Waals surface area contributed by atoms with Crippen LogP contribution in [0.2, 0.25) is 0 Å². The van der Waals surface area contributed by atoms with Crippen molar-refractivity contribution >= 4 is 21.5 Å². The molecule has 9 nitrogen and oxygen atoms in total. The van der Waals surface area contributed by atoms with Crippen molar-refractivity contribution in [1.29, 1.82) is 0 Å². The fraction of sp³-hybridized carbons (Fsp3) is 0.135. The molecular formula is C37H30FNO8S. The Labute approximate surface area is 276 Å². The number of carbonyl (C=O) groups is 2. The van der Waals surface area contributed by atoms with E-state index in [1.54, 1.807) is 37.4 Å². The van der Waals surface area contributed by atoms with Crippen molar-refractivity contribution in [2.24, 2.45) is 0 Å². The van der Waals surface area contributed by atoms with Crippen LogP contribution in [0.15, 0.2) is 119 Å². The van der Waals surface area contributed by atoms with Gasteiger partial charge >= 0.3 is 0 Å². The van der Waals surface area contributed by atoms with Gasteiger partial charge < -0.3 is 24.6 Å². The monoisotopic (exact) mass is 667 g/mol. The third-order valence-electron chi connectivity index (χ3n) is 7.80. The highest BCUT2D eigenvalue weighted by atomic mass is 32.2. The average Bonchev–Trinajstić information content (AvgIpc) is 3.11. The number of rotatable bonds is 11. The molecule has 1 aliphatic rings. The van der Waals surface area contributed by atoms with E-state index >= 15 is 0 Å². The predicted octanol–water partition coefficient (Wildman–Crippen LogP) is 5.63. The molecule has 1 heterocycles. The molecule has 0 aromatic heterocycles. The van der Waals surface area contributed by atoms with Crippen LogP contribution >= 0.6 is 0 Å². The van der Waals surface area contributed by atoms with Crippen LogP contribution in [0.1, 0.15) is 31.8 Å². The van der Waals surface area contributed by atoms with Gasteiger partial charge in [-0.3, -0.25) is 9.59 Å². The molecule has 0 saturated heterocycles. The summed E-state index contributed by atoms with van der Waals surface area (Å²) in [7, 11) is -2.73. The molecule has 0 spiro atoms. The maximum absolute atomic E-state index is 14.3. The first-order chi connectivity index (χ1) is 23.2. The number of ketones is 1. The normalized spacial score (nSPS) is 13.5. The molecule has 1 amide bonds. The van der Waals surface area contributed by atoms with E-state index in [-0.39, 0.29) is 52.0 Å². The van der Waals surface area contributed by atoms with Gasteiger partial charge in [0.25, 0.3) is 5.91 Å². The lowest BCUT2D eigenvalue weighted by molar-refractivity contribution is 0.0839. The molecule has 0 saturated carbocycles. The molecule has 1 aliphatic heterocycles. The standard InChI is InChI=1S/C37H30FNO8S/c1-45-27-12-14-28(15-13-27)46-22-26(40)20-39-37(42)31-8-5-9-33-35(31)36(41)30-16-10-24(18-34(30)48(33,43)44)29-17-11-25(38)19-32(29)47-21-23-6-3-2-4-7-23/h2-19,26,40H,20-22H2,1H3,(H,39,42)/t26-/m0/s1. The third kappa shape index (κ3) is 6.64. The fourth-order valence-electron chi connectivity index (χ4n) is 5.35. The van der Waals surface area contributed by atoms with E-state index in [4.69, 9.17) is 14.2 Å². The number of hydrogen-bond acceptors (Lipinski definition) is 8. The molecule has 0 aliphatic carbocycles. The first-order valence-corrected chi connectivity index (χ1v) is 16.4. The minimum Gasteiger partial charge on any atom is -0.497 e. The zero-order chi connectivity index (χ0) is 33.8. The van der Waals surface area contributed by atoms with Crippen LogP contribution in [-0.2, 0) is 16.4 Å². The summed E-state index contributed by atoms with van der Waals surface area (Å²) in [6, 6.07) is 28.3. The van der Waals surface area contributed by atoms with Gasteiger partial charge in [0.1, 0.15) is 42.4 Å². The number of halogens is 1. The second-order valence-electron chi connectivity index (χ2n) is 11.0. The second-order valence-corrected chi connectivity index (χ2v) is 12.9. The van der Waals surface area contributed by atoms with Crippen molar-refractivity contribution in [3.05, 3.63) is 137 Å². The van der Waals surface area contributed by atoms with Crippen molar-refractivity contribution in [2.45, 2.75) is 22.5 Å². The van der Waals surface area contributed by atoms with Gasteiger partial charge in [-0.25, -0.2) is 12.8 Å². The Morgan fingerprint density at radius 2 is 1.56 bits per heavy atom. The number of fused-ring (bicyclic) bond motifs is 2. The van der Waals surface area contributed by atoms with Gasteiger partial charge in [0, 0.05) is 23.7 Å². The molecule has 0 radical (unpaired) electrons. The van der Waals surface area contributed by atoms with Crippen LogP contribution in [0.5, 0.6) is 17.2 Å². The minimum atomic E-state index is -4.27. The second kappa shape index (κ2) is 13.7. The zero-order valence-corrected chi connectivity index (χ0v) is 26.5. The summed E-state index contributed by atoms with van der Waals surface area (Å²) in [6.45, 7) is -0.189. The molecule has 0 bridgehead atoms. The Kier molecular flexibility index (Phi) is 9.24. The van der Waals surface area contributed by atoms with Gasteiger partial charge in [0.05, 0.1) is 28.0 Å². The van der Waals surface area contributed by atoms with Crippen LogP contribution in [0, 0.1) is 5.82 Å². The maximum atomic E-state index is 14.3. The van der Waals surface area contributed by atoms with E-state index in [1.807, 2.05) is 30.3 Å². The van der Waals surface area contributed by atoms with Gasteiger partial charge in [0.2, 0.25) is 9.84 Å². The molecule has 2 N–H and O–H groups in total. The molecule has 5 aromatic rings. The van der Waals surface area contributed by atoms with Crippen molar-refractivity contribution in [1.82, 2.24) is 5.32 Å². The van der Waals surface area contributed by atoms with E-state index in [0.29, 0.717) is 22.6 Å². The number of carbonyl (C=O) groups excluding carboxylic acids is 2. The maximum Gasteiger partial charge on any atom is 0.252 e. The molecule has 48 heavy (non-hydrogen) atoms. The van der Waals surface area contributed by atoms with Gasteiger partial charge in [-0.15, -0.1) is 0 Å². The summed E-state index contributed by atoms with van der Waals surface area (Å²) in [5.41, 5.74) is 1.19. The SMILES string of the molecule is COc1ccc(OC[C@@H](O)CNC(=O)c2cccc3c2C(=O)c2ccc(-c4ccc(F)cc4OCc4ccccc4)cc2S3(=O)=O)cc1. The molecule has 1 atom stereocenters. The lowest BCUT2D eigenvalue weighted by Crippen LogP contribution is -2.36. The number of ether oxygens (including phenoxy) is 3. The van der Waals surface area contributed by atoms with E-state index in [1.165, 1.54) is 48.5 Å². The number of sulfone groups is 1. The van der Waals surface area contributed by atoms with Crippen molar-refractivity contribution < 1.29 is 41.7 Å². The highest BCUT2D eigenvalue weighted by Crippen LogP contribution is 2.40. The Morgan fingerprint density at radius 3 is 2.31 bits per heavy atom. The fourth-order valence-corrected chi connectivity index (χ4v) is 7.05. The number of nitrogens with one attached hydrogen (secondary N) is 1. The van der Waals surface area contributed by atoms with Gasteiger partial charge in [0.15, 0.2) is 5.78 Å². The molecule has 6 rings (SSSR count). The molecule has 5 aromatic carbocycles. The molecular weight excluding hydrogens is 637 g/mol. The largest absolute Gasteiger partial charge is 0.497 e. The summed E-state index contributed by atoms with van der Waals surface area (Å²) >= 11 is 0. The lowest BCUT2D eigenvalue weighted by Gasteiger charge is -2.22. The highest BCUT2D eigenvalue weighted by Gasteiger charge is 2.38. The topological polar surface area (TPSA) is 128 Å². The number of amides is 1. The average molecular weight is 668 g/mol. The summed E-state index contributed by atoms with van der Waals surface area (Å²) in [4.78, 5) is 26.5. The van der Waals surface area contributed by atoms with Crippen molar-refractivity contribution in [3.63, 3.8) is 0 Å². The van der Waals surface area contributed by atoms with Gasteiger partial charge in [-0.05, 0) is 71.8 Å². The number of hydrogen-bond donors (Lipinski definition) is 2. The Bertz CT molecular complexity index is 2100. The van der Waals surface area contributed by atoms with Crippen molar-refractivity contribution in [2.75, 3.05) is 20.3 Å². The van der Waals surface area contributed by atoms with Gasteiger partial charge in [-0.2, -0.15) is 0 Å². The van der Waals surface area contributed by atoms with E-state index < -0.39 is 33.4 Å². The number of aliphatic hydroxyl groups is 1. The number of methoxy groups -OCH3 is 1. The summed E-state index contributed by atoms with van der Waals surface area (Å²) in [6.07, 6.45) is -1.10. The minimum absolute atomic E-state index is 0.103. The van der Waals surface area contributed by atoms with E-state index in [9.17, 15) is 27.5 Å². The van der Waals surface area contributed by atoms with Crippen LogP contribution in [0.4, 0.5) is 4.39 Å². The van der Waals surface area contributed by atoms with Crippen LogP contribution in [0.25, 0.3) is 11.1 Å². The molecule has 244 valence electrons. The highest BCUT2D eigenvalue weighted by molar-refractivity contribution is 7.91. The molecule has 0 unspecified atom stereocenters.